The topological polar surface area (TPSA) is 66.0 Å². The Hall–Kier alpha value is -2.36. The van der Waals surface area contributed by atoms with Gasteiger partial charge in [-0.1, -0.05) is 11.6 Å². The minimum Gasteiger partial charge on any atom is -0.384 e. The van der Waals surface area contributed by atoms with E-state index >= 15 is 0 Å². The van der Waals surface area contributed by atoms with Crippen molar-refractivity contribution in [3.63, 3.8) is 0 Å². The Kier molecular flexibility index (Phi) is 3.80. The van der Waals surface area contributed by atoms with Crippen LogP contribution in [0.1, 0.15) is 16.7 Å². The maximum atomic E-state index is 7.69. The molecule has 0 unspecified atom stereocenters. The van der Waals surface area contributed by atoms with E-state index in [4.69, 9.17) is 11.1 Å². The maximum Gasteiger partial charge on any atom is 0.124 e. The molecule has 0 radical (unpaired) electrons. The fourth-order valence-corrected chi connectivity index (χ4v) is 2.05. The summed E-state index contributed by atoms with van der Waals surface area (Å²) in [5, 5.41) is 7.69. The lowest BCUT2D eigenvalue weighted by Gasteiger charge is -2.22. The van der Waals surface area contributed by atoms with E-state index < -0.39 is 0 Å². The number of nitrogens with one attached hydrogen (secondary N) is 1. The second-order valence-electron chi connectivity index (χ2n) is 4.65. The molecule has 0 aliphatic rings. The predicted octanol–water partition coefficient (Wildman–Crippen LogP) is 2.31. The molecule has 0 saturated heterocycles. The van der Waals surface area contributed by atoms with Crippen LogP contribution in [0.15, 0.2) is 42.7 Å². The lowest BCUT2D eigenvalue weighted by molar-refractivity contribution is 0.917. The molecule has 3 N–H and O–H groups in total. The van der Waals surface area contributed by atoms with Crippen molar-refractivity contribution in [2.45, 2.75) is 13.5 Å². The number of aryl methyl sites for hydroxylation is 1. The van der Waals surface area contributed by atoms with Gasteiger partial charge in [-0.2, -0.15) is 0 Å². The molecule has 2 aromatic rings. The number of nitrogens with zero attached hydrogens (tertiary/aromatic N) is 2. The van der Waals surface area contributed by atoms with E-state index in [0.29, 0.717) is 0 Å². The molecule has 19 heavy (non-hydrogen) atoms. The normalized spacial score (nSPS) is 10.2. The second-order valence-corrected chi connectivity index (χ2v) is 4.65. The second kappa shape index (κ2) is 5.52. The van der Waals surface area contributed by atoms with E-state index in [0.717, 1.165) is 23.4 Å². The highest BCUT2D eigenvalue weighted by Gasteiger charge is 2.10. The highest BCUT2D eigenvalue weighted by molar-refractivity contribution is 6.00. The summed E-state index contributed by atoms with van der Waals surface area (Å²) in [5.74, 6) is 0.0975. The number of nitrogen functional groups attached to an aromatic ring is 1. The third-order valence-corrected chi connectivity index (χ3v) is 3.02. The first-order valence-electron chi connectivity index (χ1n) is 6.13. The molecule has 0 bridgehead atoms. The summed E-state index contributed by atoms with van der Waals surface area (Å²) in [6.45, 7) is 2.75. The molecule has 98 valence electrons. The summed E-state index contributed by atoms with van der Waals surface area (Å²) in [5.41, 5.74) is 9.68. The van der Waals surface area contributed by atoms with E-state index in [1.165, 1.54) is 5.56 Å². The molecule has 1 heterocycles. The zero-order valence-corrected chi connectivity index (χ0v) is 11.2. The molecule has 4 heteroatoms. The summed E-state index contributed by atoms with van der Waals surface area (Å²) < 4.78 is 0. The SMILES string of the molecule is Cc1ccc(N(C)Cc2ccncc2)c(C(=N)N)c1. The molecule has 1 aromatic heterocycles. The average molecular weight is 254 g/mol. The van der Waals surface area contributed by atoms with Crippen molar-refractivity contribution in [1.82, 2.24) is 4.98 Å². The van der Waals surface area contributed by atoms with Crippen molar-refractivity contribution in [2.24, 2.45) is 5.73 Å². The van der Waals surface area contributed by atoms with Crippen LogP contribution in [-0.4, -0.2) is 17.9 Å². The van der Waals surface area contributed by atoms with Gasteiger partial charge in [-0.15, -0.1) is 0 Å². The Labute approximate surface area is 113 Å². The fraction of sp³-hybridized carbons (Fsp3) is 0.200. The third-order valence-electron chi connectivity index (χ3n) is 3.02. The van der Waals surface area contributed by atoms with Gasteiger partial charge in [0.15, 0.2) is 0 Å². The third kappa shape index (κ3) is 3.10. The number of anilines is 1. The molecular weight excluding hydrogens is 236 g/mol. The van der Waals surface area contributed by atoms with Crippen LogP contribution in [-0.2, 0) is 6.54 Å². The number of aromatic nitrogens is 1. The van der Waals surface area contributed by atoms with Crippen LogP contribution in [0, 0.1) is 12.3 Å². The van der Waals surface area contributed by atoms with Crippen LogP contribution >= 0.6 is 0 Å². The van der Waals surface area contributed by atoms with Gasteiger partial charge in [0.05, 0.1) is 0 Å². The molecule has 0 atom stereocenters. The molecule has 0 aliphatic heterocycles. The molecule has 0 saturated carbocycles. The maximum absolute atomic E-state index is 7.69. The first-order valence-corrected chi connectivity index (χ1v) is 6.13. The molecule has 0 spiro atoms. The predicted molar refractivity (Wildman–Crippen MR) is 78.5 cm³/mol. The van der Waals surface area contributed by atoms with Gasteiger partial charge < -0.3 is 10.6 Å². The van der Waals surface area contributed by atoms with Gasteiger partial charge >= 0.3 is 0 Å². The fourth-order valence-electron chi connectivity index (χ4n) is 2.05. The quantitative estimate of drug-likeness (QED) is 0.650. The monoisotopic (exact) mass is 254 g/mol. The van der Waals surface area contributed by atoms with E-state index in [-0.39, 0.29) is 5.84 Å². The lowest BCUT2D eigenvalue weighted by atomic mass is 10.1. The number of nitrogens with two attached hydrogens (primary N) is 1. The Bertz CT molecular complexity index is 578. The molecule has 0 amide bonds. The van der Waals surface area contributed by atoms with Crippen LogP contribution in [0.4, 0.5) is 5.69 Å². The van der Waals surface area contributed by atoms with Crippen molar-refractivity contribution in [3.05, 3.63) is 59.4 Å². The number of pyridine rings is 1. The molecule has 4 nitrogen and oxygen atoms in total. The number of hydrogen-bond donors (Lipinski definition) is 2. The Morgan fingerprint density at radius 3 is 2.58 bits per heavy atom. The minimum atomic E-state index is 0.0975. The summed E-state index contributed by atoms with van der Waals surface area (Å²) in [7, 11) is 2.00. The Morgan fingerprint density at radius 2 is 1.95 bits per heavy atom. The van der Waals surface area contributed by atoms with Crippen LogP contribution in [0.5, 0.6) is 0 Å². The number of hydrogen-bond acceptors (Lipinski definition) is 3. The van der Waals surface area contributed by atoms with Gasteiger partial charge in [0, 0.05) is 37.2 Å². The van der Waals surface area contributed by atoms with Gasteiger partial charge in [-0.05, 0) is 36.8 Å². The zero-order chi connectivity index (χ0) is 13.8. The molecule has 0 fully saturated rings. The van der Waals surface area contributed by atoms with E-state index in [2.05, 4.69) is 9.88 Å². The Morgan fingerprint density at radius 1 is 1.26 bits per heavy atom. The van der Waals surface area contributed by atoms with Gasteiger partial charge in [0.2, 0.25) is 0 Å². The summed E-state index contributed by atoms with van der Waals surface area (Å²) >= 11 is 0. The van der Waals surface area contributed by atoms with Crippen LogP contribution in [0.2, 0.25) is 0 Å². The van der Waals surface area contributed by atoms with E-state index in [9.17, 15) is 0 Å². The summed E-state index contributed by atoms with van der Waals surface area (Å²) in [6, 6.07) is 9.95. The zero-order valence-electron chi connectivity index (χ0n) is 11.2. The van der Waals surface area contributed by atoms with Crippen LogP contribution in [0.3, 0.4) is 0 Å². The molecule has 1 aromatic carbocycles. The van der Waals surface area contributed by atoms with Crippen LogP contribution < -0.4 is 10.6 Å². The van der Waals surface area contributed by atoms with Crippen molar-refractivity contribution in [1.29, 1.82) is 5.41 Å². The number of rotatable bonds is 4. The smallest absolute Gasteiger partial charge is 0.124 e. The molecule has 0 aliphatic carbocycles. The highest BCUT2D eigenvalue weighted by Crippen LogP contribution is 2.22. The lowest BCUT2D eigenvalue weighted by Crippen LogP contribution is -2.22. The molecule has 2 rings (SSSR count). The first-order chi connectivity index (χ1) is 9.08. The van der Waals surface area contributed by atoms with Crippen molar-refractivity contribution in [2.75, 3.05) is 11.9 Å². The average Bonchev–Trinajstić information content (AvgIpc) is 2.39. The van der Waals surface area contributed by atoms with Gasteiger partial charge in [-0.25, -0.2) is 0 Å². The van der Waals surface area contributed by atoms with Gasteiger partial charge in [-0.3, -0.25) is 10.4 Å². The molecular formula is C15H18N4. The van der Waals surface area contributed by atoms with Gasteiger partial charge in [0.25, 0.3) is 0 Å². The van der Waals surface area contributed by atoms with Gasteiger partial charge in [0.1, 0.15) is 5.84 Å². The first kappa shape index (κ1) is 13.1. The van der Waals surface area contributed by atoms with E-state index in [1.54, 1.807) is 12.4 Å². The largest absolute Gasteiger partial charge is 0.384 e. The van der Waals surface area contributed by atoms with Crippen LogP contribution in [0.25, 0.3) is 0 Å². The minimum absolute atomic E-state index is 0.0975. The van der Waals surface area contributed by atoms with Crippen molar-refractivity contribution >= 4 is 11.5 Å². The standard InChI is InChI=1S/C15H18N4/c1-11-3-4-14(13(9-11)15(16)17)19(2)10-12-5-7-18-8-6-12/h3-9H,10H2,1-2H3,(H3,16,17). The highest BCUT2D eigenvalue weighted by atomic mass is 15.1. The summed E-state index contributed by atoms with van der Waals surface area (Å²) in [6.07, 6.45) is 3.56. The number of benzene rings is 1. The number of amidine groups is 1. The van der Waals surface area contributed by atoms with E-state index in [1.807, 2.05) is 44.3 Å². The Balaban J connectivity index is 2.28. The van der Waals surface area contributed by atoms with Crippen molar-refractivity contribution in [3.8, 4) is 0 Å². The summed E-state index contributed by atoms with van der Waals surface area (Å²) in [4.78, 5) is 6.10. The van der Waals surface area contributed by atoms with Crippen molar-refractivity contribution < 1.29 is 0 Å².